The summed E-state index contributed by atoms with van der Waals surface area (Å²) in [7, 11) is 0. The van der Waals surface area contributed by atoms with Crippen molar-refractivity contribution in [1.29, 1.82) is 0 Å². The molecule has 3 aliphatic heterocycles. The molecular formula is C17H23N5O3. The number of hydrogen-bond acceptors (Lipinski definition) is 6. The molecular weight excluding hydrogens is 322 g/mol. The fourth-order valence-corrected chi connectivity index (χ4v) is 3.92. The normalized spacial score (nSPS) is 32.3. The molecule has 134 valence electrons. The Morgan fingerprint density at radius 3 is 2.84 bits per heavy atom. The molecule has 25 heavy (non-hydrogen) atoms. The van der Waals surface area contributed by atoms with Crippen LogP contribution in [-0.4, -0.2) is 53.2 Å². The molecule has 0 aromatic carbocycles. The van der Waals surface area contributed by atoms with Crippen molar-refractivity contribution in [2.24, 2.45) is 0 Å². The van der Waals surface area contributed by atoms with Crippen LogP contribution < -0.4 is 16.2 Å². The zero-order chi connectivity index (χ0) is 17.3. The summed E-state index contributed by atoms with van der Waals surface area (Å²) in [6, 6.07) is 3.79. The molecule has 0 bridgehead atoms. The molecule has 1 spiro atoms. The number of nitrogens with one attached hydrogen (secondary N) is 3. The van der Waals surface area contributed by atoms with Gasteiger partial charge >= 0.3 is 6.09 Å². The van der Waals surface area contributed by atoms with Crippen molar-refractivity contribution in [3.8, 4) is 0 Å². The lowest BCUT2D eigenvalue weighted by Crippen LogP contribution is -2.46. The highest BCUT2D eigenvalue weighted by Gasteiger charge is 2.43. The van der Waals surface area contributed by atoms with E-state index in [2.05, 4.69) is 21.2 Å². The lowest BCUT2D eigenvalue weighted by Gasteiger charge is -2.26. The van der Waals surface area contributed by atoms with Gasteiger partial charge in [0.15, 0.2) is 0 Å². The summed E-state index contributed by atoms with van der Waals surface area (Å²) in [5.41, 5.74) is 7.02. The van der Waals surface area contributed by atoms with Crippen LogP contribution in [0.1, 0.15) is 37.3 Å². The molecule has 1 aromatic rings. The van der Waals surface area contributed by atoms with Crippen LogP contribution in [0.4, 0.5) is 4.79 Å². The Kier molecular flexibility index (Phi) is 4.30. The number of carbonyl (C=O) groups excluding carboxylic acids is 2. The number of hydrogen-bond donors (Lipinski definition) is 3. The summed E-state index contributed by atoms with van der Waals surface area (Å²) in [5, 5.41) is 2.74. The summed E-state index contributed by atoms with van der Waals surface area (Å²) in [4.78, 5) is 30.2. The highest BCUT2D eigenvalue weighted by atomic mass is 16.6. The van der Waals surface area contributed by atoms with Crippen molar-refractivity contribution in [2.45, 2.75) is 43.4 Å². The minimum atomic E-state index is -0.437. The van der Waals surface area contributed by atoms with Gasteiger partial charge in [0.25, 0.3) is 0 Å². The number of ether oxygens (including phenoxy) is 1. The SMILES string of the molecule is O=C1NCC2(CCCN(C(=O)C3CC(c4ccncc4)NN3)CC2)O1. The van der Waals surface area contributed by atoms with Gasteiger partial charge in [-0.05, 0) is 37.0 Å². The third-order valence-electron chi connectivity index (χ3n) is 5.38. The molecule has 8 heteroatoms. The van der Waals surface area contributed by atoms with Gasteiger partial charge in [0.1, 0.15) is 11.6 Å². The van der Waals surface area contributed by atoms with E-state index in [4.69, 9.17) is 4.74 Å². The fraction of sp³-hybridized carbons (Fsp3) is 0.588. The number of rotatable bonds is 2. The van der Waals surface area contributed by atoms with Gasteiger partial charge in [-0.25, -0.2) is 15.6 Å². The Balaban J connectivity index is 1.36. The zero-order valence-electron chi connectivity index (χ0n) is 14.0. The van der Waals surface area contributed by atoms with E-state index < -0.39 is 5.60 Å². The first-order valence-corrected chi connectivity index (χ1v) is 8.82. The Morgan fingerprint density at radius 2 is 2.08 bits per heavy atom. The Bertz CT molecular complexity index is 655. The first-order chi connectivity index (χ1) is 12.2. The smallest absolute Gasteiger partial charge is 0.407 e. The number of amides is 2. The summed E-state index contributed by atoms with van der Waals surface area (Å²) in [6.45, 7) is 1.86. The van der Waals surface area contributed by atoms with Crippen molar-refractivity contribution in [1.82, 2.24) is 26.1 Å². The van der Waals surface area contributed by atoms with Gasteiger partial charge in [0.2, 0.25) is 5.91 Å². The summed E-state index contributed by atoms with van der Waals surface area (Å²) >= 11 is 0. The third-order valence-corrected chi connectivity index (χ3v) is 5.38. The van der Waals surface area contributed by atoms with E-state index in [9.17, 15) is 9.59 Å². The van der Waals surface area contributed by atoms with Crippen LogP contribution in [0.25, 0.3) is 0 Å². The van der Waals surface area contributed by atoms with Crippen LogP contribution in [0.5, 0.6) is 0 Å². The van der Waals surface area contributed by atoms with Gasteiger partial charge in [0.05, 0.1) is 6.54 Å². The highest BCUT2D eigenvalue weighted by Crippen LogP contribution is 2.30. The number of hydrazine groups is 1. The molecule has 2 amide bonds. The maximum atomic E-state index is 12.9. The molecule has 3 saturated heterocycles. The lowest BCUT2D eigenvalue weighted by molar-refractivity contribution is -0.133. The predicted molar refractivity (Wildman–Crippen MR) is 89.3 cm³/mol. The molecule has 3 atom stereocenters. The van der Waals surface area contributed by atoms with Crippen molar-refractivity contribution >= 4 is 12.0 Å². The maximum Gasteiger partial charge on any atom is 0.407 e. The number of nitrogens with zero attached hydrogens (tertiary/aromatic N) is 2. The lowest BCUT2D eigenvalue weighted by atomic mass is 9.95. The van der Waals surface area contributed by atoms with Crippen molar-refractivity contribution < 1.29 is 14.3 Å². The third kappa shape index (κ3) is 3.32. The average molecular weight is 345 g/mol. The van der Waals surface area contributed by atoms with Gasteiger partial charge in [-0.15, -0.1) is 0 Å². The number of pyridine rings is 1. The maximum absolute atomic E-state index is 12.9. The van der Waals surface area contributed by atoms with Crippen molar-refractivity contribution in [3.05, 3.63) is 30.1 Å². The van der Waals surface area contributed by atoms with Gasteiger partial charge in [-0.1, -0.05) is 0 Å². The van der Waals surface area contributed by atoms with E-state index in [1.807, 2.05) is 17.0 Å². The van der Waals surface area contributed by atoms with Gasteiger partial charge in [0, 0.05) is 37.9 Å². The van der Waals surface area contributed by atoms with E-state index in [-0.39, 0.29) is 24.1 Å². The largest absolute Gasteiger partial charge is 0.441 e. The Morgan fingerprint density at radius 1 is 1.24 bits per heavy atom. The second kappa shape index (κ2) is 6.61. The fourth-order valence-electron chi connectivity index (χ4n) is 3.92. The van der Waals surface area contributed by atoms with Gasteiger partial charge in [-0.2, -0.15) is 0 Å². The molecule has 3 aliphatic rings. The van der Waals surface area contributed by atoms with Crippen LogP contribution >= 0.6 is 0 Å². The second-order valence-corrected chi connectivity index (χ2v) is 7.02. The standard InChI is InChI=1S/C17H23N5O3/c23-15(14-10-13(20-21-14)12-2-6-18-7-3-12)22-8-1-4-17(5-9-22)11-19-16(24)25-17/h2-3,6-7,13-14,20-21H,1,4-5,8-11H2,(H,19,24). The number of alkyl carbamates (subject to hydrolysis) is 1. The molecule has 3 fully saturated rings. The van der Waals surface area contributed by atoms with Crippen LogP contribution in [-0.2, 0) is 9.53 Å². The Hall–Kier alpha value is -2.19. The van der Waals surface area contributed by atoms with Crippen molar-refractivity contribution in [3.63, 3.8) is 0 Å². The van der Waals surface area contributed by atoms with Crippen LogP contribution in [0.15, 0.2) is 24.5 Å². The minimum absolute atomic E-state index is 0.107. The van der Waals surface area contributed by atoms with E-state index in [0.717, 1.165) is 18.4 Å². The minimum Gasteiger partial charge on any atom is -0.441 e. The quantitative estimate of drug-likeness (QED) is 0.722. The van der Waals surface area contributed by atoms with Crippen molar-refractivity contribution in [2.75, 3.05) is 19.6 Å². The predicted octanol–water partition coefficient (Wildman–Crippen LogP) is 0.480. The summed E-state index contributed by atoms with van der Waals surface area (Å²) < 4.78 is 5.48. The molecule has 8 nitrogen and oxygen atoms in total. The summed E-state index contributed by atoms with van der Waals surface area (Å²) in [5.74, 6) is 0.110. The van der Waals surface area contributed by atoms with Gasteiger partial charge in [-0.3, -0.25) is 9.78 Å². The molecule has 3 N–H and O–H groups in total. The monoisotopic (exact) mass is 345 g/mol. The zero-order valence-corrected chi connectivity index (χ0v) is 14.0. The van der Waals surface area contributed by atoms with Crippen LogP contribution in [0, 0.1) is 0 Å². The van der Waals surface area contributed by atoms with E-state index in [1.165, 1.54) is 0 Å². The molecule has 0 radical (unpaired) electrons. The number of carbonyl (C=O) groups is 2. The Labute approximate surface area is 146 Å². The molecule has 4 rings (SSSR count). The average Bonchev–Trinajstić information content (AvgIpc) is 3.20. The topological polar surface area (TPSA) is 95.6 Å². The summed E-state index contributed by atoms with van der Waals surface area (Å²) in [6.07, 6.45) is 6.21. The molecule has 0 saturated carbocycles. The van der Waals surface area contributed by atoms with Crippen LogP contribution in [0.3, 0.4) is 0 Å². The van der Waals surface area contributed by atoms with Crippen LogP contribution in [0.2, 0.25) is 0 Å². The first-order valence-electron chi connectivity index (χ1n) is 8.82. The molecule has 1 aromatic heterocycles. The first kappa shape index (κ1) is 16.3. The van der Waals surface area contributed by atoms with E-state index in [0.29, 0.717) is 32.5 Å². The number of likely N-dealkylation sites (tertiary alicyclic amines) is 1. The molecule has 3 unspecified atom stereocenters. The second-order valence-electron chi connectivity index (χ2n) is 7.02. The molecule has 0 aliphatic carbocycles. The molecule has 4 heterocycles. The van der Waals surface area contributed by atoms with Gasteiger partial charge < -0.3 is 15.0 Å². The highest BCUT2D eigenvalue weighted by molar-refractivity contribution is 5.82. The van der Waals surface area contributed by atoms with E-state index in [1.54, 1.807) is 12.4 Å². The number of aromatic nitrogens is 1. The van der Waals surface area contributed by atoms with E-state index >= 15 is 0 Å².